The second kappa shape index (κ2) is 5.28. The van der Waals surface area contributed by atoms with E-state index in [4.69, 9.17) is 0 Å². The number of anilines is 1. The highest BCUT2D eigenvalue weighted by atomic mass is 19.1. The van der Waals surface area contributed by atoms with Crippen molar-refractivity contribution in [2.24, 2.45) is 0 Å². The SMILES string of the molecule is Cc1cccc(NC2CC(c3ccccc3F)C2)c1C. The molecule has 0 atom stereocenters. The number of hydrogen-bond acceptors (Lipinski definition) is 1. The average molecular weight is 269 g/mol. The first-order valence-corrected chi connectivity index (χ1v) is 7.22. The summed E-state index contributed by atoms with van der Waals surface area (Å²) >= 11 is 0. The minimum absolute atomic E-state index is 0.0670. The Morgan fingerprint density at radius 1 is 1.00 bits per heavy atom. The second-order valence-electron chi connectivity index (χ2n) is 5.78. The fraction of sp³-hybridized carbons (Fsp3) is 0.333. The van der Waals surface area contributed by atoms with Crippen LogP contribution in [0.15, 0.2) is 42.5 Å². The maximum Gasteiger partial charge on any atom is 0.126 e. The van der Waals surface area contributed by atoms with Gasteiger partial charge in [-0.25, -0.2) is 4.39 Å². The average Bonchev–Trinajstić information content (AvgIpc) is 2.39. The fourth-order valence-electron chi connectivity index (χ4n) is 2.92. The second-order valence-corrected chi connectivity index (χ2v) is 5.78. The van der Waals surface area contributed by atoms with Crippen LogP contribution in [-0.2, 0) is 0 Å². The maximum atomic E-state index is 13.7. The van der Waals surface area contributed by atoms with Crippen molar-refractivity contribution < 1.29 is 4.39 Å². The maximum absolute atomic E-state index is 13.7. The Balaban J connectivity index is 1.64. The van der Waals surface area contributed by atoms with Gasteiger partial charge in [-0.1, -0.05) is 30.3 Å². The molecule has 1 N–H and O–H groups in total. The number of benzene rings is 2. The van der Waals surface area contributed by atoms with Gasteiger partial charge in [0.25, 0.3) is 0 Å². The monoisotopic (exact) mass is 269 g/mol. The summed E-state index contributed by atoms with van der Waals surface area (Å²) in [5, 5.41) is 3.58. The highest BCUT2D eigenvalue weighted by Crippen LogP contribution is 2.39. The highest BCUT2D eigenvalue weighted by Gasteiger charge is 2.31. The van der Waals surface area contributed by atoms with E-state index in [1.807, 2.05) is 12.1 Å². The lowest BCUT2D eigenvalue weighted by molar-refractivity contribution is 0.363. The van der Waals surface area contributed by atoms with Gasteiger partial charge in [-0.3, -0.25) is 0 Å². The summed E-state index contributed by atoms with van der Waals surface area (Å²) in [4.78, 5) is 0. The summed E-state index contributed by atoms with van der Waals surface area (Å²) in [6.07, 6.45) is 2.02. The molecule has 104 valence electrons. The van der Waals surface area contributed by atoms with E-state index in [9.17, 15) is 4.39 Å². The summed E-state index contributed by atoms with van der Waals surface area (Å²) in [6.45, 7) is 4.27. The predicted octanol–water partition coefficient (Wildman–Crippen LogP) is 4.80. The minimum Gasteiger partial charge on any atom is -0.382 e. The van der Waals surface area contributed by atoms with Crippen LogP contribution in [-0.4, -0.2) is 6.04 Å². The molecule has 0 heterocycles. The largest absolute Gasteiger partial charge is 0.382 e. The molecule has 0 aliphatic heterocycles. The van der Waals surface area contributed by atoms with Crippen molar-refractivity contribution >= 4 is 5.69 Å². The van der Waals surface area contributed by atoms with Crippen molar-refractivity contribution in [1.29, 1.82) is 0 Å². The van der Waals surface area contributed by atoms with Crippen LogP contribution in [0.3, 0.4) is 0 Å². The van der Waals surface area contributed by atoms with Crippen molar-refractivity contribution in [2.45, 2.75) is 38.6 Å². The molecule has 0 saturated heterocycles. The standard InChI is InChI=1S/C18H20FN/c1-12-6-5-9-18(13(12)2)20-15-10-14(11-15)16-7-3-4-8-17(16)19/h3-9,14-15,20H,10-11H2,1-2H3. The van der Waals surface area contributed by atoms with Crippen molar-refractivity contribution in [1.82, 2.24) is 0 Å². The Labute approximate surface area is 119 Å². The van der Waals surface area contributed by atoms with Crippen LogP contribution in [0.1, 0.15) is 35.4 Å². The third kappa shape index (κ3) is 2.43. The van der Waals surface area contributed by atoms with E-state index in [0.29, 0.717) is 12.0 Å². The molecule has 0 amide bonds. The number of hydrogen-bond donors (Lipinski definition) is 1. The predicted molar refractivity (Wildman–Crippen MR) is 81.7 cm³/mol. The molecule has 0 aromatic heterocycles. The Kier molecular flexibility index (Phi) is 3.47. The van der Waals surface area contributed by atoms with Crippen LogP contribution >= 0.6 is 0 Å². The topological polar surface area (TPSA) is 12.0 Å². The minimum atomic E-state index is -0.0670. The summed E-state index contributed by atoms with van der Waals surface area (Å²) < 4.78 is 13.7. The summed E-state index contributed by atoms with van der Waals surface area (Å²) in [5.41, 5.74) is 4.69. The van der Waals surface area contributed by atoms with E-state index in [0.717, 1.165) is 18.4 Å². The highest BCUT2D eigenvalue weighted by molar-refractivity contribution is 5.54. The van der Waals surface area contributed by atoms with Crippen molar-refractivity contribution in [3.05, 3.63) is 65.0 Å². The van der Waals surface area contributed by atoms with Crippen molar-refractivity contribution in [3.8, 4) is 0 Å². The normalized spacial score (nSPS) is 21.4. The van der Waals surface area contributed by atoms with E-state index in [2.05, 4.69) is 37.4 Å². The number of nitrogens with one attached hydrogen (secondary N) is 1. The van der Waals surface area contributed by atoms with E-state index in [1.54, 1.807) is 12.1 Å². The first kappa shape index (κ1) is 13.2. The summed E-state index contributed by atoms with van der Waals surface area (Å²) in [7, 11) is 0. The molecule has 1 saturated carbocycles. The molecule has 2 aromatic carbocycles. The first-order chi connectivity index (χ1) is 9.65. The number of aryl methyl sites for hydroxylation is 1. The van der Waals surface area contributed by atoms with E-state index < -0.39 is 0 Å². The van der Waals surface area contributed by atoms with Gasteiger partial charge in [0.05, 0.1) is 0 Å². The van der Waals surface area contributed by atoms with Gasteiger partial charge in [0, 0.05) is 11.7 Å². The van der Waals surface area contributed by atoms with E-state index >= 15 is 0 Å². The van der Waals surface area contributed by atoms with Crippen LogP contribution in [0.4, 0.5) is 10.1 Å². The van der Waals surface area contributed by atoms with Crippen LogP contribution < -0.4 is 5.32 Å². The smallest absolute Gasteiger partial charge is 0.126 e. The van der Waals surface area contributed by atoms with Crippen LogP contribution in [0.25, 0.3) is 0 Å². The van der Waals surface area contributed by atoms with Gasteiger partial charge in [0.15, 0.2) is 0 Å². The molecule has 1 aliphatic rings. The summed E-state index contributed by atoms with van der Waals surface area (Å²) in [5.74, 6) is 0.293. The van der Waals surface area contributed by atoms with Gasteiger partial charge in [0.1, 0.15) is 5.82 Å². The molecule has 0 spiro atoms. The van der Waals surface area contributed by atoms with Crippen LogP contribution in [0.2, 0.25) is 0 Å². The van der Waals surface area contributed by atoms with Gasteiger partial charge >= 0.3 is 0 Å². The number of rotatable bonds is 3. The van der Waals surface area contributed by atoms with E-state index in [1.165, 1.54) is 16.8 Å². The Morgan fingerprint density at radius 3 is 2.50 bits per heavy atom. The molecule has 1 fully saturated rings. The van der Waals surface area contributed by atoms with Gasteiger partial charge in [-0.05, 0) is 61.4 Å². The number of halogens is 1. The molecule has 20 heavy (non-hydrogen) atoms. The fourth-order valence-corrected chi connectivity index (χ4v) is 2.92. The Morgan fingerprint density at radius 2 is 1.75 bits per heavy atom. The van der Waals surface area contributed by atoms with Crippen LogP contribution in [0.5, 0.6) is 0 Å². The molecule has 2 aromatic rings. The molecule has 3 rings (SSSR count). The van der Waals surface area contributed by atoms with Gasteiger partial charge in [0.2, 0.25) is 0 Å². The molecule has 0 radical (unpaired) electrons. The van der Waals surface area contributed by atoms with Crippen molar-refractivity contribution in [3.63, 3.8) is 0 Å². The first-order valence-electron chi connectivity index (χ1n) is 7.22. The molecule has 0 unspecified atom stereocenters. The lowest BCUT2D eigenvalue weighted by atomic mass is 9.75. The Hall–Kier alpha value is -1.83. The lowest BCUT2D eigenvalue weighted by Gasteiger charge is -2.37. The molecule has 0 bridgehead atoms. The summed E-state index contributed by atoms with van der Waals surface area (Å²) in [6, 6.07) is 13.9. The Bertz CT molecular complexity index is 615. The van der Waals surface area contributed by atoms with E-state index in [-0.39, 0.29) is 5.82 Å². The van der Waals surface area contributed by atoms with Gasteiger partial charge in [-0.2, -0.15) is 0 Å². The molecule has 1 aliphatic carbocycles. The lowest BCUT2D eigenvalue weighted by Crippen LogP contribution is -2.34. The third-order valence-electron chi connectivity index (χ3n) is 4.45. The zero-order chi connectivity index (χ0) is 14.1. The third-order valence-corrected chi connectivity index (χ3v) is 4.45. The van der Waals surface area contributed by atoms with Gasteiger partial charge in [-0.15, -0.1) is 0 Å². The zero-order valence-corrected chi connectivity index (χ0v) is 12.0. The van der Waals surface area contributed by atoms with Crippen molar-refractivity contribution in [2.75, 3.05) is 5.32 Å². The molecular formula is C18H20FN. The van der Waals surface area contributed by atoms with Crippen LogP contribution in [0, 0.1) is 19.7 Å². The molecular weight excluding hydrogens is 249 g/mol. The quantitative estimate of drug-likeness (QED) is 0.844. The molecule has 1 nitrogen and oxygen atoms in total. The molecule has 2 heteroatoms. The van der Waals surface area contributed by atoms with Gasteiger partial charge < -0.3 is 5.32 Å². The zero-order valence-electron chi connectivity index (χ0n) is 12.0.